The highest BCUT2D eigenvalue weighted by molar-refractivity contribution is 6.25. The molecule has 0 aliphatic carbocycles. The first-order chi connectivity index (χ1) is 16.0. The van der Waals surface area contributed by atoms with Crippen molar-refractivity contribution in [3.05, 3.63) is 81.6 Å². The standard InChI is InChI=1S/C25H20N2O6/c28-11-18-21(29)22(30)24(33-18)27-10-17(23(31)26-25(27)32)15-8-6-14-5-4-12-2-1-3-13-7-9-16(15)20(14)19(12)13/h1-10,18,21-22,24,28-30H,11H2,(H,26,31,32)/t18-,21?,22?,24-/m0/s1. The van der Waals surface area contributed by atoms with E-state index in [1.54, 1.807) is 0 Å². The molecule has 1 aliphatic heterocycles. The van der Waals surface area contributed by atoms with E-state index in [1.807, 2.05) is 48.5 Å². The first kappa shape index (κ1) is 20.1. The number of hydrogen-bond donors (Lipinski definition) is 4. The van der Waals surface area contributed by atoms with E-state index in [9.17, 15) is 24.9 Å². The third-order valence-electron chi connectivity index (χ3n) is 6.58. The number of nitrogens with one attached hydrogen (secondary N) is 1. The van der Waals surface area contributed by atoms with Crippen molar-refractivity contribution in [1.29, 1.82) is 0 Å². The van der Waals surface area contributed by atoms with E-state index in [0.29, 0.717) is 5.56 Å². The molecule has 0 radical (unpaired) electrons. The molecule has 4 N–H and O–H groups in total. The van der Waals surface area contributed by atoms with Crippen LogP contribution in [0.5, 0.6) is 0 Å². The molecule has 6 rings (SSSR count). The second-order valence-corrected chi connectivity index (χ2v) is 8.41. The lowest BCUT2D eigenvalue weighted by molar-refractivity contribution is -0.0549. The molecule has 0 spiro atoms. The fourth-order valence-corrected chi connectivity index (χ4v) is 4.95. The largest absolute Gasteiger partial charge is 0.394 e. The Bertz CT molecular complexity index is 1620. The molecule has 2 heterocycles. The van der Waals surface area contributed by atoms with Gasteiger partial charge < -0.3 is 20.1 Å². The van der Waals surface area contributed by atoms with Crippen LogP contribution in [0.15, 0.2) is 70.4 Å². The quantitative estimate of drug-likeness (QED) is 0.314. The van der Waals surface area contributed by atoms with Gasteiger partial charge in [0.2, 0.25) is 0 Å². The maximum absolute atomic E-state index is 12.9. The van der Waals surface area contributed by atoms with E-state index in [2.05, 4.69) is 11.1 Å². The molecule has 0 amide bonds. The number of rotatable bonds is 3. The SMILES string of the molecule is O=c1[nH]c(=O)n([C@H]2O[C@@H](CO)C(O)C2O)cc1-c1ccc2ccc3cccc4ccc1c2c34. The van der Waals surface area contributed by atoms with E-state index in [4.69, 9.17) is 4.74 Å². The van der Waals surface area contributed by atoms with Crippen molar-refractivity contribution < 1.29 is 20.1 Å². The van der Waals surface area contributed by atoms with Gasteiger partial charge in [0.05, 0.1) is 12.2 Å². The van der Waals surface area contributed by atoms with Gasteiger partial charge in [-0.25, -0.2) is 4.79 Å². The monoisotopic (exact) mass is 444 g/mol. The molecule has 5 aromatic rings. The minimum absolute atomic E-state index is 0.227. The first-order valence-corrected chi connectivity index (χ1v) is 10.6. The van der Waals surface area contributed by atoms with Crippen LogP contribution in [-0.4, -0.2) is 49.8 Å². The summed E-state index contributed by atoms with van der Waals surface area (Å²) in [5.74, 6) is 0. The van der Waals surface area contributed by atoms with Crippen molar-refractivity contribution in [3.63, 3.8) is 0 Å². The Morgan fingerprint density at radius 3 is 2.21 bits per heavy atom. The van der Waals surface area contributed by atoms with Gasteiger partial charge in [-0.1, -0.05) is 54.6 Å². The number of nitrogens with zero attached hydrogens (tertiary/aromatic N) is 1. The van der Waals surface area contributed by atoms with Gasteiger partial charge in [-0.05, 0) is 37.9 Å². The molecule has 0 saturated carbocycles. The Balaban J connectivity index is 1.60. The molecule has 166 valence electrons. The predicted molar refractivity (Wildman–Crippen MR) is 123 cm³/mol. The highest BCUT2D eigenvalue weighted by atomic mass is 16.6. The summed E-state index contributed by atoms with van der Waals surface area (Å²) in [6.07, 6.45) is -3.76. The number of aliphatic hydroxyl groups is 3. The zero-order chi connectivity index (χ0) is 22.9. The van der Waals surface area contributed by atoms with Gasteiger partial charge in [-0.3, -0.25) is 14.3 Å². The predicted octanol–water partition coefficient (Wildman–Crippen LogP) is 1.71. The van der Waals surface area contributed by atoms with Gasteiger partial charge in [-0.2, -0.15) is 0 Å². The van der Waals surface area contributed by atoms with Crippen LogP contribution in [0.25, 0.3) is 43.4 Å². The number of aliphatic hydroxyl groups excluding tert-OH is 3. The Morgan fingerprint density at radius 2 is 1.52 bits per heavy atom. The number of aromatic nitrogens is 2. The third kappa shape index (κ3) is 2.86. The second-order valence-electron chi connectivity index (χ2n) is 8.41. The van der Waals surface area contributed by atoms with Crippen molar-refractivity contribution in [2.45, 2.75) is 24.5 Å². The summed E-state index contributed by atoms with van der Waals surface area (Å²) >= 11 is 0. The topological polar surface area (TPSA) is 125 Å². The number of hydrogen-bond acceptors (Lipinski definition) is 6. The van der Waals surface area contributed by atoms with Gasteiger partial charge in [0.1, 0.15) is 18.3 Å². The lowest BCUT2D eigenvalue weighted by Crippen LogP contribution is -2.38. The van der Waals surface area contributed by atoms with Crippen LogP contribution >= 0.6 is 0 Å². The molecule has 1 fully saturated rings. The number of H-pyrrole nitrogens is 1. The second kappa shape index (κ2) is 7.23. The molecule has 1 aliphatic rings. The maximum Gasteiger partial charge on any atom is 0.330 e. The molecule has 0 bridgehead atoms. The number of aromatic amines is 1. The Kier molecular flexibility index (Phi) is 4.40. The van der Waals surface area contributed by atoms with Crippen molar-refractivity contribution in [2.24, 2.45) is 0 Å². The van der Waals surface area contributed by atoms with E-state index in [0.717, 1.165) is 36.9 Å². The van der Waals surface area contributed by atoms with E-state index >= 15 is 0 Å². The average Bonchev–Trinajstić information content (AvgIpc) is 3.11. The molecular weight excluding hydrogens is 424 g/mol. The summed E-state index contributed by atoms with van der Waals surface area (Å²) in [6, 6.07) is 17.9. The van der Waals surface area contributed by atoms with Gasteiger partial charge in [-0.15, -0.1) is 0 Å². The van der Waals surface area contributed by atoms with E-state index in [1.165, 1.54) is 6.20 Å². The summed E-state index contributed by atoms with van der Waals surface area (Å²) in [5.41, 5.74) is -0.498. The van der Waals surface area contributed by atoms with Crippen LogP contribution in [0, 0.1) is 0 Å². The summed E-state index contributed by atoms with van der Waals surface area (Å²) in [5, 5.41) is 36.1. The van der Waals surface area contributed by atoms with Crippen LogP contribution in [0.1, 0.15) is 6.23 Å². The molecular formula is C25H20N2O6. The zero-order valence-electron chi connectivity index (χ0n) is 17.3. The molecule has 33 heavy (non-hydrogen) atoms. The highest BCUT2D eigenvalue weighted by Gasteiger charge is 2.43. The molecule has 1 saturated heterocycles. The molecule has 8 heteroatoms. The summed E-state index contributed by atoms with van der Waals surface area (Å²) in [7, 11) is 0. The fourth-order valence-electron chi connectivity index (χ4n) is 4.95. The zero-order valence-corrected chi connectivity index (χ0v) is 17.3. The minimum Gasteiger partial charge on any atom is -0.394 e. The lowest BCUT2D eigenvalue weighted by Gasteiger charge is -2.19. The van der Waals surface area contributed by atoms with Gasteiger partial charge in [0.15, 0.2) is 6.23 Å². The molecule has 4 aromatic carbocycles. The molecule has 4 atom stereocenters. The fraction of sp³-hybridized carbons (Fsp3) is 0.200. The Morgan fingerprint density at radius 1 is 0.848 bits per heavy atom. The highest BCUT2D eigenvalue weighted by Crippen LogP contribution is 2.38. The summed E-state index contributed by atoms with van der Waals surface area (Å²) in [4.78, 5) is 27.7. The normalized spacial score (nSPS) is 23.2. The molecule has 8 nitrogen and oxygen atoms in total. The van der Waals surface area contributed by atoms with Crippen LogP contribution in [0.3, 0.4) is 0 Å². The van der Waals surface area contributed by atoms with Crippen LogP contribution in [0.4, 0.5) is 0 Å². The molecule has 1 aromatic heterocycles. The Hall–Kier alpha value is -3.56. The lowest BCUT2D eigenvalue weighted by atomic mass is 9.90. The van der Waals surface area contributed by atoms with Gasteiger partial charge in [0.25, 0.3) is 5.56 Å². The summed E-state index contributed by atoms with van der Waals surface area (Å²) in [6.45, 7) is -0.519. The van der Waals surface area contributed by atoms with Crippen LogP contribution in [0.2, 0.25) is 0 Å². The third-order valence-corrected chi connectivity index (χ3v) is 6.58. The van der Waals surface area contributed by atoms with Crippen molar-refractivity contribution in [1.82, 2.24) is 9.55 Å². The molecule has 2 unspecified atom stereocenters. The van der Waals surface area contributed by atoms with E-state index in [-0.39, 0.29) is 5.56 Å². The van der Waals surface area contributed by atoms with Crippen molar-refractivity contribution >= 4 is 32.3 Å². The van der Waals surface area contributed by atoms with E-state index < -0.39 is 42.4 Å². The summed E-state index contributed by atoms with van der Waals surface area (Å²) < 4.78 is 6.56. The van der Waals surface area contributed by atoms with Crippen molar-refractivity contribution in [2.75, 3.05) is 6.61 Å². The smallest absolute Gasteiger partial charge is 0.330 e. The Labute approximate surface area is 186 Å². The van der Waals surface area contributed by atoms with Gasteiger partial charge in [0, 0.05) is 6.20 Å². The first-order valence-electron chi connectivity index (χ1n) is 10.6. The van der Waals surface area contributed by atoms with Crippen LogP contribution in [-0.2, 0) is 4.74 Å². The minimum atomic E-state index is -1.44. The van der Waals surface area contributed by atoms with Gasteiger partial charge >= 0.3 is 5.69 Å². The number of benzene rings is 4. The number of ether oxygens (including phenoxy) is 1. The van der Waals surface area contributed by atoms with Crippen molar-refractivity contribution in [3.8, 4) is 11.1 Å². The average molecular weight is 444 g/mol. The van der Waals surface area contributed by atoms with Crippen LogP contribution < -0.4 is 11.2 Å². The maximum atomic E-state index is 12.9.